The largest absolute Gasteiger partial charge is 0.473 e. The highest BCUT2D eigenvalue weighted by Crippen LogP contribution is 2.22. The van der Waals surface area contributed by atoms with Crippen molar-refractivity contribution in [1.29, 1.82) is 0 Å². The maximum atomic E-state index is 12.6. The Kier molecular flexibility index (Phi) is 4.90. The highest BCUT2D eigenvalue weighted by molar-refractivity contribution is 7.86. The van der Waals surface area contributed by atoms with E-state index in [4.69, 9.17) is 4.74 Å². The van der Waals surface area contributed by atoms with Gasteiger partial charge in [-0.2, -0.15) is 17.0 Å². The van der Waals surface area contributed by atoms with E-state index in [1.165, 1.54) is 0 Å². The lowest BCUT2D eigenvalue weighted by Gasteiger charge is -2.36. The van der Waals surface area contributed by atoms with Crippen molar-refractivity contribution in [2.24, 2.45) is 0 Å². The van der Waals surface area contributed by atoms with Crippen LogP contribution in [0, 0.1) is 0 Å². The van der Waals surface area contributed by atoms with Crippen LogP contribution in [0.5, 0.6) is 5.88 Å². The minimum atomic E-state index is -3.30. The van der Waals surface area contributed by atoms with E-state index in [1.54, 1.807) is 27.2 Å². The first-order chi connectivity index (χ1) is 10.7. The van der Waals surface area contributed by atoms with E-state index in [2.05, 4.69) is 9.97 Å². The van der Waals surface area contributed by atoms with Crippen LogP contribution >= 0.6 is 0 Å². The Labute approximate surface area is 131 Å². The molecule has 0 atom stereocenters. The number of hydrogen-bond donors (Lipinski definition) is 0. The maximum absolute atomic E-state index is 12.6. The first kappa shape index (κ1) is 15.6. The number of rotatable bonds is 4. The quantitative estimate of drug-likeness (QED) is 0.827. The third kappa shape index (κ3) is 3.56. The Bertz CT molecular complexity index is 567. The van der Waals surface area contributed by atoms with Crippen molar-refractivity contribution in [2.75, 3.05) is 26.2 Å². The van der Waals surface area contributed by atoms with Crippen LogP contribution in [0.3, 0.4) is 0 Å². The molecule has 3 heterocycles. The zero-order valence-corrected chi connectivity index (χ0v) is 13.4. The van der Waals surface area contributed by atoms with Crippen LogP contribution in [0.25, 0.3) is 0 Å². The van der Waals surface area contributed by atoms with Crippen LogP contribution in [0.2, 0.25) is 0 Å². The zero-order valence-electron chi connectivity index (χ0n) is 12.6. The fourth-order valence-corrected chi connectivity index (χ4v) is 4.68. The molecule has 122 valence electrons. The van der Waals surface area contributed by atoms with Crippen molar-refractivity contribution in [3.05, 3.63) is 18.6 Å². The molecule has 0 bridgehead atoms. The molecule has 2 aliphatic heterocycles. The maximum Gasteiger partial charge on any atom is 0.281 e. The van der Waals surface area contributed by atoms with Gasteiger partial charge in [0.15, 0.2) is 0 Å². The fraction of sp³-hybridized carbons (Fsp3) is 0.714. The van der Waals surface area contributed by atoms with Gasteiger partial charge in [0, 0.05) is 38.6 Å². The van der Waals surface area contributed by atoms with Gasteiger partial charge in [-0.15, -0.1) is 0 Å². The third-order valence-electron chi connectivity index (χ3n) is 4.20. The molecule has 0 aromatic carbocycles. The first-order valence-electron chi connectivity index (χ1n) is 7.84. The molecule has 7 nitrogen and oxygen atoms in total. The van der Waals surface area contributed by atoms with Gasteiger partial charge in [-0.25, -0.2) is 4.98 Å². The molecule has 22 heavy (non-hydrogen) atoms. The summed E-state index contributed by atoms with van der Waals surface area (Å²) in [5, 5.41) is 0. The van der Waals surface area contributed by atoms with Crippen LogP contribution in [0.15, 0.2) is 18.6 Å². The molecule has 2 aliphatic rings. The van der Waals surface area contributed by atoms with Gasteiger partial charge in [-0.05, 0) is 25.7 Å². The van der Waals surface area contributed by atoms with Gasteiger partial charge in [0.05, 0.1) is 6.20 Å². The second-order valence-electron chi connectivity index (χ2n) is 5.73. The lowest BCUT2D eigenvalue weighted by Crippen LogP contribution is -2.50. The molecule has 0 spiro atoms. The van der Waals surface area contributed by atoms with Crippen molar-refractivity contribution in [1.82, 2.24) is 18.6 Å². The van der Waals surface area contributed by atoms with Crippen LogP contribution in [-0.4, -0.2) is 59.3 Å². The van der Waals surface area contributed by atoms with Crippen molar-refractivity contribution in [2.45, 2.75) is 38.2 Å². The van der Waals surface area contributed by atoms with E-state index in [9.17, 15) is 8.42 Å². The number of aromatic nitrogens is 2. The van der Waals surface area contributed by atoms with Crippen molar-refractivity contribution in [3.8, 4) is 5.88 Å². The SMILES string of the molecule is O=S(=O)(N1CCCCC1)N1CCC(Oc2cnccn2)CC1. The smallest absolute Gasteiger partial charge is 0.281 e. The molecule has 0 saturated carbocycles. The summed E-state index contributed by atoms with van der Waals surface area (Å²) in [5.41, 5.74) is 0. The van der Waals surface area contributed by atoms with E-state index in [1.807, 2.05) is 0 Å². The Balaban J connectivity index is 1.54. The second kappa shape index (κ2) is 6.89. The number of nitrogens with zero attached hydrogens (tertiary/aromatic N) is 4. The molecule has 1 aromatic heterocycles. The van der Waals surface area contributed by atoms with Gasteiger partial charge in [0.2, 0.25) is 5.88 Å². The molecule has 0 aliphatic carbocycles. The first-order valence-corrected chi connectivity index (χ1v) is 9.24. The molecule has 2 fully saturated rings. The van der Waals surface area contributed by atoms with E-state index in [0.29, 0.717) is 44.9 Å². The minimum absolute atomic E-state index is 0.00417. The van der Waals surface area contributed by atoms with Crippen LogP contribution < -0.4 is 4.74 Å². The van der Waals surface area contributed by atoms with E-state index < -0.39 is 10.2 Å². The second-order valence-corrected chi connectivity index (χ2v) is 7.66. The summed E-state index contributed by atoms with van der Waals surface area (Å²) >= 11 is 0. The summed E-state index contributed by atoms with van der Waals surface area (Å²) in [4.78, 5) is 8.05. The molecule has 0 amide bonds. The van der Waals surface area contributed by atoms with Gasteiger partial charge in [-0.1, -0.05) is 6.42 Å². The van der Waals surface area contributed by atoms with E-state index in [-0.39, 0.29) is 6.10 Å². The van der Waals surface area contributed by atoms with Gasteiger partial charge in [-0.3, -0.25) is 4.98 Å². The molecule has 0 N–H and O–H groups in total. The Morgan fingerprint density at radius 3 is 2.32 bits per heavy atom. The van der Waals surface area contributed by atoms with Gasteiger partial charge in [0.25, 0.3) is 10.2 Å². The highest BCUT2D eigenvalue weighted by atomic mass is 32.2. The summed E-state index contributed by atoms with van der Waals surface area (Å²) in [6, 6.07) is 0. The molecule has 1 aromatic rings. The number of piperidine rings is 2. The van der Waals surface area contributed by atoms with Crippen LogP contribution in [0.4, 0.5) is 0 Å². The molecule has 0 radical (unpaired) electrons. The van der Waals surface area contributed by atoms with Crippen molar-refractivity contribution >= 4 is 10.2 Å². The predicted octanol–water partition coefficient (Wildman–Crippen LogP) is 1.05. The van der Waals surface area contributed by atoms with Crippen molar-refractivity contribution in [3.63, 3.8) is 0 Å². The third-order valence-corrected chi connectivity index (χ3v) is 6.23. The standard InChI is InChI=1S/C14H22N4O3S/c19-22(20,17-8-2-1-3-9-17)18-10-4-13(5-11-18)21-14-12-15-6-7-16-14/h6-7,12-13H,1-5,8-11H2. The van der Waals surface area contributed by atoms with E-state index >= 15 is 0 Å². The molecule has 8 heteroatoms. The molecule has 3 rings (SSSR count). The molecule has 2 saturated heterocycles. The highest BCUT2D eigenvalue weighted by Gasteiger charge is 2.34. The lowest BCUT2D eigenvalue weighted by molar-refractivity contribution is 0.126. The molecular formula is C14H22N4O3S. The number of ether oxygens (including phenoxy) is 1. The minimum Gasteiger partial charge on any atom is -0.473 e. The molecular weight excluding hydrogens is 304 g/mol. The zero-order chi connectivity index (χ0) is 15.4. The summed E-state index contributed by atoms with van der Waals surface area (Å²) in [7, 11) is -3.30. The normalized spacial score (nSPS) is 22.5. The van der Waals surface area contributed by atoms with Crippen molar-refractivity contribution < 1.29 is 13.2 Å². The van der Waals surface area contributed by atoms with E-state index in [0.717, 1.165) is 19.3 Å². The Morgan fingerprint density at radius 1 is 1.00 bits per heavy atom. The van der Waals surface area contributed by atoms with Gasteiger partial charge >= 0.3 is 0 Å². The average Bonchev–Trinajstić information content (AvgIpc) is 2.57. The fourth-order valence-electron chi connectivity index (χ4n) is 2.96. The Morgan fingerprint density at radius 2 is 1.68 bits per heavy atom. The number of hydrogen-bond acceptors (Lipinski definition) is 5. The summed E-state index contributed by atoms with van der Waals surface area (Å²) in [5.74, 6) is 0.500. The topological polar surface area (TPSA) is 75.6 Å². The summed E-state index contributed by atoms with van der Waals surface area (Å²) in [6.45, 7) is 2.31. The average molecular weight is 326 g/mol. The van der Waals surface area contributed by atoms with Crippen LogP contribution in [0.1, 0.15) is 32.1 Å². The summed E-state index contributed by atoms with van der Waals surface area (Å²) in [6.07, 6.45) is 9.19. The summed E-state index contributed by atoms with van der Waals surface area (Å²) < 4.78 is 34.2. The molecule has 0 unspecified atom stereocenters. The van der Waals surface area contributed by atoms with Gasteiger partial charge < -0.3 is 4.74 Å². The van der Waals surface area contributed by atoms with Gasteiger partial charge in [0.1, 0.15) is 6.10 Å². The van der Waals surface area contributed by atoms with Crippen LogP contribution in [-0.2, 0) is 10.2 Å². The predicted molar refractivity (Wildman–Crippen MR) is 81.6 cm³/mol. The lowest BCUT2D eigenvalue weighted by atomic mass is 10.1. The monoisotopic (exact) mass is 326 g/mol. The Hall–Kier alpha value is -1.25.